The van der Waals surface area contributed by atoms with E-state index in [0.717, 1.165) is 0 Å². The molecule has 3 heteroatoms. The van der Waals surface area contributed by atoms with Crippen LogP contribution >= 0.6 is 0 Å². The van der Waals surface area contributed by atoms with Crippen molar-refractivity contribution in [2.24, 2.45) is 0 Å². The summed E-state index contributed by atoms with van der Waals surface area (Å²) in [6, 6.07) is 8.82. The molecule has 18 heavy (non-hydrogen) atoms. The van der Waals surface area contributed by atoms with Gasteiger partial charge in [-0.25, -0.2) is 5.01 Å². The van der Waals surface area contributed by atoms with Gasteiger partial charge in [-0.15, -0.1) is 0 Å². The van der Waals surface area contributed by atoms with Crippen LogP contribution < -0.4 is 0 Å². The summed E-state index contributed by atoms with van der Waals surface area (Å²) in [6.45, 7) is 6.63. The molecule has 0 spiro atoms. The summed E-state index contributed by atoms with van der Waals surface area (Å²) in [6.07, 6.45) is 0.571. The van der Waals surface area contributed by atoms with Crippen molar-refractivity contribution in [2.45, 2.75) is 38.6 Å². The Balaban J connectivity index is 2.23. The molecule has 3 nitrogen and oxygen atoms in total. The second-order valence-electron chi connectivity index (χ2n) is 6.08. The molecule has 2 rings (SSSR count). The second-order valence-corrected chi connectivity index (χ2v) is 6.08. The van der Waals surface area contributed by atoms with Crippen LogP contribution in [0.25, 0.3) is 0 Å². The third-order valence-electron chi connectivity index (χ3n) is 3.81. The molecule has 1 heterocycles. The Bertz CT molecular complexity index is 445. The van der Waals surface area contributed by atoms with Crippen LogP contribution in [-0.2, 0) is 10.2 Å². The first kappa shape index (κ1) is 13.1. The van der Waals surface area contributed by atoms with Crippen LogP contribution in [0.4, 0.5) is 0 Å². The highest BCUT2D eigenvalue weighted by Crippen LogP contribution is 2.32. The molecule has 0 aliphatic carbocycles. The summed E-state index contributed by atoms with van der Waals surface area (Å²) in [5.41, 5.74) is 2.71. The summed E-state index contributed by atoms with van der Waals surface area (Å²) in [4.78, 5) is 11.7. The van der Waals surface area contributed by atoms with E-state index in [0.29, 0.717) is 6.42 Å². The summed E-state index contributed by atoms with van der Waals surface area (Å²) in [5, 5.41) is 3.71. The standard InChI is InChI=1S/C15H22N2O/c1-15(2,3)12-8-6-11(7-9-12)13-10-14(18)17(5)16(13)4/h6-9,13H,10H2,1-5H3. The van der Waals surface area contributed by atoms with Crippen LogP contribution in [-0.4, -0.2) is 30.0 Å². The number of nitrogens with zero attached hydrogens (tertiary/aromatic N) is 2. The molecule has 1 amide bonds. The highest BCUT2D eigenvalue weighted by Gasteiger charge is 2.33. The smallest absolute Gasteiger partial charge is 0.238 e. The maximum atomic E-state index is 11.7. The average molecular weight is 246 g/mol. The number of hydrogen-bond acceptors (Lipinski definition) is 2. The molecule has 0 aromatic heterocycles. The van der Waals surface area contributed by atoms with Gasteiger partial charge in [0, 0.05) is 20.5 Å². The fourth-order valence-electron chi connectivity index (χ4n) is 2.35. The molecule has 0 saturated carbocycles. The molecular formula is C15H22N2O. The SMILES string of the molecule is CN1C(=O)CC(c2ccc(C(C)(C)C)cc2)N1C. The van der Waals surface area contributed by atoms with E-state index >= 15 is 0 Å². The minimum atomic E-state index is 0.173. The van der Waals surface area contributed by atoms with E-state index in [1.165, 1.54) is 11.1 Å². The molecule has 1 atom stereocenters. The number of carbonyl (C=O) groups is 1. The van der Waals surface area contributed by atoms with Crippen LogP contribution in [0, 0.1) is 0 Å². The van der Waals surface area contributed by atoms with E-state index in [1.807, 2.05) is 19.1 Å². The van der Waals surface area contributed by atoms with Crippen LogP contribution in [0.5, 0.6) is 0 Å². The summed E-state index contributed by atoms with van der Waals surface area (Å²) in [7, 11) is 3.79. The molecule has 0 bridgehead atoms. The third kappa shape index (κ3) is 2.27. The van der Waals surface area contributed by atoms with Gasteiger partial charge in [-0.3, -0.25) is 9.80 Å². The summed E-state index contributed by atoms with van der Waals surface area (Å²) in [5.74, 6) is 0.183. The monoisotopic (exact) mass is 246 g/mol. The lowest BCUT2D eigenvalue weighted by atomic mass is 9.86. The van der Waals surface area contributed by atoms with Gasteiger partial charge in [-0.05, 0) is 16.5 Å². The first-order valence-corrected chi connectivity index (χ1v) is 6.40. The van der Waals surface area contributed by atoms with E-state index in [-0.39, 0.29) is 17.4 Å². The molecule has 0 radical (unpaired) electrons. The topological polar surface area (TPSA) is 23.6 Å². The van der Waals surface area contributed by atoms with Gasteiger partial charge in [-0.1, -0.05) is 45.0 Å². The number of hydrazine groups is 1. The van der Waals surface area contributed by atoms with Gasteiger partial charge >= 0.3 is 0 Å². The van der Waals surface area contributed by atoms with E-state index in [2.05, 4.69) is 45.0 Å². The lowest BCUT2D eigenvalue weighted by Crippen LogP contribution is -2.33. The minimum absolute atomic E-state index is 0.173. The van der Waals surface area contributed by atoms with E-state index < -0.39 is 0 Å². The first-order chi connectivity index (χ1) is 8.30. The van der Waals surface area contributed by atoms with Crippen molar-refractivity contribution in [3.63, 3.8) is 0 Å². The van der Waals surface area contributed by atoms with Gasteiger partial charge in [0.2, 0.25) is 5.91 Å². The summed E-state index contributed by atoms with van der Waals surface area (Å²) >= 11 is 0. The van der Waals surface area contributed by atoms with Crippen LogP contribution in [0.3, 0.4) is 0 Å². The number of benzene rings is 1. The predicted octanol–water partition coefficient (Wildman–Crippen LogP) is 2.73. The van der Waals surface area contributed by atoms with Crippen LogP contribution in [0.15, 0.2) is 24.3 Å². The minimum Gasteiger partial charge on any atom is -0.278 e. The third-order valence-corrected chi connectivity index (χ3v) is 3.81. The first-order valence-electron chi connectivity index (χ1n) is 6.40. The molecule has 1 aromatic carbocycles. The normalized spacial score (nSPS) is 21.7. The zero-order valence-corrected chi connectivity index (χ0v) is 11.9. The maximum absolute atomic E-state index is 11.7. The van der Waals surface area contributed by atoms with Gasteiger partial charge in [0.1, 0.15) is 0 Å². The van der Waals surface area contributed by atoms with Gasteiger partial charge in [-0.2, -0.15) is 0 Å². The Hall–Kier alpha value is -1.35. The Morgan fingerprint density at radius 2 is 1.67 bits per heavy atom. The quantitative estimate of drug-likeness (QED) is 0.760. The average Bonchev–Trinajstić information content (AvgIpc) is 2.56. The largest absolute Gasteiger partial charge is 0.278 e. The van der Waals surface area contributed by atoms with Gasteiger partial charge in [0.15, 0.2) is 0 Å². The second kappa shape index (κ2) is 4.39. The molecular weight excluding hydrogens is 224 g/mol. The number of amides is 1. The molecule has 1 aliphatic heterocycles. The number of hydrogen-bond donors (Lipinski definition) is 0. The van der Waals surface area contributed by atoms with Crippen molar-refractivity contribution in [3.05, 3.63) is 35.4 Å². The lowest BCUT2D eigenvalue weighted by molar-refractivity contribution is -0.134. The molecule has 1 saturated heterocycles. The Morgan fingerprint density at radius 1 is 1.11 bits per heavy atom. The van der Waals surface area contributed by atoms with Crippen molar-refractivity contribution in [3.8, 4) is 0 Å². The zero-order chi connectivity index (χ0) is 13.5. The molecule has 1 aromatic rings. The number of rotatable bonds is 1. The van der Waals surface area contributed by atoms with Crippen LogP contribution in [0.1, 0.15) is 44.4 Å². The molecule has 98 valence electrons. The van der Waals surface area contributed by atoms with Gasteiger partial charge < -0.3 is 0 Å². The van der Waals surface area contributed by atoms with Crippen molar-refractivity contribution >= 4 is 5.91 Å². The Labute approximate surface area is 109 Å². The van der Waals surface area contributed by atoms with Gasteiger partial charge in [0.25, 0.3) is 0 Å². The Kier molecular flexibility index (Phi) is 3.20. The lowest BCUT2D eigenvalue weighted by Gasteiger charge is -2.25. The highest BCUT2D eigenvalue weighted by atomic mass is 16.2. The highest BCUT2D eigenvalue weighted by molar-refractivity contribution is 5.78. The van der Waals surface area contributed by atoms with E-state index in [9.17, 15) is 4.79 Å². The maximum Gasteiger partial charge on any atom is 0.238 e. The fraction of sp³-hybridized carbons (Fsp3) is 0.533. The molecule has 1 fully saturated rings. The fourth-order valence-corrected chi connectivity index (χ4v) is 2.35. The summed E-state index contributed by atoms with van der Waals surface area (Å²) < 4.78 is 0. The van der Waals surface area contributed by atoms with Gasteiger partial charge in [0.05, 0.1) is 6.04 Å². The van der Waals surface area contributed by atoms with Crippen molar-refractivity contribution < 1.29 is 4.79 Å². The molecule has 1 unspecified atom stereocenters. The van der Waals surface area contributed by atoms with Crippen LogP contribution in [0.2, 0.25) is 0 Å². The van der Waals surface area contributed by atoms with E-state index in [4.69, 9.17) is 0 Å². The molecule has 0 N–H and O–H groups in total. The Morgan fingerprint density at radius 3 is 2.06 bits per heavy atom. The number of carbonyl (C=O) groups excluding carboxylic acids is 1. The van der Waals surface area contributed by atoms with E-state index in [1.54, 1.807) is 5.01 Å². The van der Waals surface area contributed by atoms with Crippen molar-refractivity contribution in [1.82, 2.24) is 10.0 Å². The predicted molar refractivity (Wildman–Crippen MR) is 73.0 cm³/mol. The van der Waals surface area contributed by atoms with Crippen molar-refractivity contribution in [2.75, 3.05) is 14.1 Å². The zero-order valence-electron chi connectivity index (χ0n) is 11.9. The van der Waals surface area contributed by atoms with Crippen molar-refractivity contribution in [1.29, 1.82) is 0 Å². The molecule has 1 aliphatic rings.